The number of thioether (sulfide) groups is 2. The number of hydrogen-bond acceptors (Lipinski definition) is 14. The van der Waals surface area contributed by atoms with E-state index in [1.54, 1.807) is 38.1 Å². The minimum absolute atomic E-state index is 0.0160. The van der Waals surface area contributed by atoms with E-state index in [2.05, 4.69) is 6.58 Å². The van der Waals surface area contributed by atoms with E-state index in [0.717, 1.165) is 32.6 Å². The summed E-state index contributed by atoms with van der Waals surface area (Å²) in [5, 5.41) is 18.7. The minimum atomic E-state index is -0.598. The molecule has 2 aromatic rings. The van der Waals surface area contributed by atoms with Crippen LogP contribution in [0.25, 0.3) is 0 Å². The van der Waals surface area contributed by atoms with Crippen LogP contribution in [0.5, 0.6) is 11.5 Å². The van der Waals surface area contributed by atoms with Gasteiger partial charge in [-0.2, -0.15) is 10.5 Å². The standard InChI is InChI=1S/C40H42N2O10S2/c1-6-32(43)49-22-40(4,5)23-50-34(45)16-15-33(44)48-18-17-26-7-13-30(14-8-26)51-37(46)27-9-11-28(12-10-27)38(47)52-31-19-24(2)25(3)35-36(31)54-39(53-35)29(20-41)21-42/h6-8,13-14,19,27-28H,1,9-12,15-18,22-23H2,2-5H3. The van der Waals surface area contributed by atoms with Crippen LogP contribution in [0.1, 0.15) is 69.1 Å². The lowest BCUT2D eigenvalue weighted by Gasteiger charge is -2.26. The van der Waals surface area contributed by atoms with E-state index in [1.165, 1.54) is 23.5 Å². The van der Waals surface area contributed by atoms with Crippen molar-refractivity contribution in [2.45, 2.75) is 82.4 Å². The first kappa shape index (κ1) is 41.7. The van der Waals surface area contributed by atoms with Crippen LogP contribution < -0.4 is 9.47 Å². The third kappa shape index (κ3) is 11.7. The van der Waals surface area contributed by atoms with Gasteiger partial charge in [0.25, 0.3) is 0 Å². The molecule has 0 spiro atoms. The highest BCUT2D eigenvalue weighted by molar-refractivity contribution is 8.24. The van der Waals surface area contributed by atoms with Crippen LogP contribution in [0.4, 0.5) is 0 Å². The zero-order chi connectivity index (χ0) is 39.4. The van der Waals surface area contributed by atoms with E-state index >= 15 is 0 Å². The predicted octanol–water partition coefficient (Wildman–Crippen LogP) is 7.24. The number of benzene rings is 2. The zero-order valence-corrected chi connectivity index (χ0v) is 32.3. The fourth-order valence-corrected chi connectivity index (χ4v) is 8.13. The van der Waals surface area contributed by atoms with Crippen LogP contribution in [-0.2, 0) is 44.6 Å². The molecule has 14 heteroatoms. The van der Waals surface area contributed by atoms with Gasteiger partial charge in [0.2, 0.25) is 0 Å². The van der Waals surface area contributed by atoms with E-state index in [4.69, 9.17) is 23.7 Å². The number of fused-ring (bicyclic) bond motifs is 1. The molecule has 1 saturated carbocycles. The highest BCUT2D eigenvalue weighted by atomic mass is 32.2. The summed E-state index contributed by atoms with van der Waals surface area (Å²) in [4.78, 5) is 63.2. The first-order valence-electron chi connectivity index (χ1n) is 17.4. The Balaban J connectivity index is 1.15. The largest absolute Gasteiger partial charge is 0.465 e. The molecule has 0 aromatic heterocycles. The molecule has 1 aliphatic heterocycles. The average Bonchev–Trinajstić information content (AvgIpc) is 3.61. The van der Waals surface area contributed by atoms with E-state index in [9.17, 15) is 34.5 Å². The number of carbonyl (C=O) groups is 5. The lowest BCUT2D eigenvalue weighted by Crippen LogP contribution is -2.30. The topological polar surface area (TPSA) is 179 Å². The molecule has 284 valence electrons. The Labute approximate surface area is 323 Å². The summed E-state index contributed by atoms with van der Waals surface area (Å²) in [5.41, 5.74) is 2.21. The number of ether oxygens (including phenoxy) is 5. The Kier molecular flexibility index (Phi) is 14.9. The molecule has 0 radical (unpaired) electrons. The van der Waals surface area contributed by atoms with E-state index in [0.29, 0.717) is 47.8 Å². The van der Waals surface area contributed by atoms with Gasteiger partial charge < -0.3 is 23.7 Å². The molecule has 4 rings (SSSR count). The molecule has 1 aliphatic carbocycles. The first-order chi connectivity index (χ1) is 25.7. The number of carbonyl (C=O) groups excluding carboxylic acids is 5. The lowest BCUT2D eigenvalue weighted by atomic mass is 9.82. The molecule has 1 heterocycles. The molecule has 2 aliphatic rings. The Morgan fingerprint density at radius 3 is 1.98 bits per heavy atom. The molecule has 54 heavy (non-hydrogen) atoms. The summed E-state index contributed by atoms with van der Waals surface area (Å²) in [6, 6.07) is 12.6. The number of allylic oxidation sites excluding steroid dienone is 1. The van der Waals surface area contributed by atoms with E-state index in [-0.39, 0.29) is 62.0 Å². The van der Waals surface area contributed by atoms with Crippen LogP contribution >= 0.6 is 23.5 Å². The summed E-state index contributed by atoms with van der Waals surface area (Å²) in [7, 11) is 0. The van der Waals surface area contributed by atoms with Crippen molar-refractivity contribution in [1.29, 1.82) is 10.5 Å². The second-order valence-electron chi connectivity index (χ2n) is 13.7. The van der Waals surface area contributed by atoms with Crippen molar-refractivity contribution in [3.05, 3.63) is 69.5 Å². The molecule has 1 fully saturated rings. The summed E-state index contributed by atoms with van der Waals surface area (Å²) in [6.45, 7) is 10.9. The van der Waals surface area contributed by atoms with Gasteiger partial charge in [0.05, 0.1) is 53.6 Å². The molecule has 0 unspecified atom stereocenters. The van der Waals surface area contributed by atoms with Crippen LogP contribution in [0.15, 0.2) is 62.6 Å². The van der Waals surface area contributed by atoms with Crippen LogP contribution in [0.2, 0.25) is 0 Å². The predicted molar refractivity (Wildman–Crippen MR) is 199 cm³/mol. The smallest absolute Gasteiger partial charge is 0.330 e. The fraction of sp³-hybridized carbons (Fsp3) is 0.425. The first-order valence-corrected chi connectivity index (χ1v) is 19.0. The number of hydrogen-bond donors (Lipinski definition) is 0. The normalized spacial score (nSPS) is 16.1. The Hall–Kier alpha value is -5.05. The van der Waals surface area contributed by atoms with Gasteiger partial charge in [-0.25, -0.2) is 4.79 Å². The van der Waals surface area contributed by atoms with Gasteiger partial charge >= 0.3 is 29.8 Å². The Morgan fingerprint density at radius 1 is 0.833 bits per heavy atom. The summed E-state index contributed by atoms with van der Waals surface area (Å²) in [5.74, 6) is -2.36. The quantitative estimate of drug-likeness (QED) is 0.0581. The number of nitrogens with zero attached hydrogens (tertiary/aromatic N) is 2. The van der Waals surface area contributed by atoms with Crippen molar-refractivity contribution >= 4 is 53.4 Å². The Morgan fingerprint density at radius 2 is 1.39 bits per heavy atom. The molecular weight excluding hydrogens is 733 g/mol. The summed E-state index contributed by atoms with van der Waals surface area (Å²) in [6.07, 6.45) is 3.08. The van der Waals surface area contributed by atoms with Gasteiger partial charge in [0.1, 0.15) is 29.2 Å². The average molecular weight is 775 g/mol. The molecule has 0 bridgehead atoms. The maximum absolute atomic E-state index is 13.2. The van der Waals surface area contributed by atoms with Gasteiger partial charge in [-0.05, 0) is 74.4 Å². The van der Waals surface area contributed by atoms with Crippen LogP contribution in [-0.4, -0.2) is 49.7 Å². The van der Waals surface area contributed by atoms with Crippen molar-refractivity contribution in [3.63, 3.8) is 0 Å². The van der Waals surface area contributed by atoms with Gasteiger partial charge in [-0.15, -0.1) is 0 Å². The number of esters is 5. The van der Waals surface area contributed by atoms with Gasteiger partial charge in [0.15, 0.2) is 0 Å². The SMILES string of the molecule is C=CC(=O)OCC(C)(C)COC(=O)CCC(=O)OCCc1ccc(OC(=O)C2CCC(C(=O)Oc3cc(C)c(C)c4c3SC(=C(C#N)C#N)S4)CC2)cc1. The molecule has 12 nitrogen and oxygen atoms in total. The number of nitriles is 2. The van der Waals surface area contributed by atoms with E-state index in [1.807, 2.05) is 32.1 Å². The zero-order valence-electron chi connectivity index (χ0n) is 30.7. The van der Waals surface area contributed by atoms with Gasteiger partial charge in [-0.1, -0.05) is 56.1 Å². The molecule has 2 aromatic carbocycles. The summed E-state index contributed by atoms with van der Waals surface area (Å²) < 4.78 is 27.5. The number of rotatable bonds is 15. The van der Waals surface area contributed by atoms with Crippen LogP contribution in [0.3, 0.4) is 0 Å². The monoisotopic (exact) mass is 774 g/mol. The molecule has 0 saturated heterocycles. The minimum Gasteiger partial charge on any atom is -0.465 e. The maximum Gasteiger partial charge on any atom is 0.330 e. The van der Waals surface area contributed by atoms with Crippen molar-refractivity contribution in [3.8, 4) is 23.6 Å². The highest BCUT2D eigenvalue weighted by Crippen LogP contribution is 2.57. The Bertz CT molecular complexity index is 1880. The van der Waals surface area contributed by atoms with Gasteiger partial charge in [0, 0.05) is 22.8 Å². The molecule has 0 amide bonds. The molecule has 0 N–H and O–H groups in total. The summed E-state index contributed by atoms with van der Waals surface area (Å²) >= 11 is 2.60. The highest BCUT2D eigenvalue weighted by Gasteiger charge is 2.34. The van der Waals surface area contributed by atoms with Crippen molar-refractivity contribution in [2.75, 3.05) is 19.8 Å². The third-order valence-corrected chi connectivity index (χ3v) is 11.6. The third-order valence-electron chi connectivity index (χ3n) is 8.86. The molecule has 0 atom stereocenters. The van der Waals surface area contributed by atoms with E-state index < -0.39 is 23.3 Å². The maximum atomic E-state index is 13.2. The molecular formula is C40H42N2O10S2. The van der Waals surface area contributed by atoms with Crippen LogP contribution in [0, 0.1) is 53.8 Å². The second-order valence-corrected chi connectivity index (χ2v) is 16.0. The fourth-order valence-electron chi connectivity index (χ4n) is 5.51. The second kappa shape index (κ2) is 19.3. The van der Waals surface area contributed by atoms with Crippen molar-refractivity contribution in [1.82, 2.24) is 0 Å². The van der Waals surface area contributed by atoms with Crippen molar-refractivity contribution < 1.29 is 47.7 Å². The van der Waals surface area contributed by atoms with Gasteiger partial charge in [-0.3, -0.25) is 19.2 Å². The van der Waals surface area contributed by atoms with Crippen molar-refractivity contribution in [2.24, 2.45) is 17.3 Å². The lowest BCUT2D eigenvalue weighted by molar-refractivity contribution is -0.154. The number of aryl methyl sites for hydroxylation is 1.